The molecule has 0 saturated heterocycles. The molecule has 0 unspecified atom stereocenters. The van der Waals surface area contributed by atoms with Gasteiger partial charge in [0.2, 0.25) is 0 Å². The van der Waals surface area contributed by atoms with E-state index in [1.165, 1.54) is 12.8 Å². The summed E-state index contributed by atoms with van der Waals surface area (Å²) in [5.41, 5.74) is 0. The van der Waals surface area contributed by atoms with Crippen LogP contribution < -0.4 is 56.5 Å². The summed E-state index contributed by atoms with van der Waals surface area (Å²) < 4.78 is 0. The molecule has 0 atom stereocenters. The molecule has 0 spiro atoms. The fraction of sp³-hybridized carbons (Fsp3) is 0.500. The maximum absolute atomic E-state index is 10.2. The van der Waals surface area contributed by atoms with E-state index < -0.39 is 5.97 Å². The Morgan fingerprint density at radius 2 is 1.33 bits per heavy atom. The molecule has 21 heavy (non-hydrogen) atoms. The van der Waals surface area contributed by atoms with Crippen LogP contribution in [-0.4, -0.2) is 5.97 Å². The fourth-order valence-corrected chi connectivity index (χ4v) is 1.71. The van der Waals surface area contributed by atoms with Crippen LogP contribution in [0.15, 0.2) is 48.6 Å². The maximum atomic E-state index is 10.2. The minimum absolute atomic E-state index is 0. The van der Waals surface area contributed by atoms with Crippen LogP contribution in [0.1, 0.15) is 58.3 Å². The molecule has 0 aromatic rings. The van der Waals surface area contributed by atoms with Crippen molar-refractivity contribution in [2.45, 2.75) is 58.3 Å². The number of unbranched alkanes of at least 4 members (excludes halogenated alkanes) is 5. The van der Waals surface area contributed by atoms with Gasteiger partial charge in [0.05, 0.1) is 0 Å². The molecule has 0 heterocycles. The van der Waals surface area contributed by atoms with E-state index in [0.717, 1.165) is 32.1 Å². The van der Waals surface area contributed by atoms with E-state index in [9.17, 15) is 9.90 Å². The van der Waals surface area contributed by atoms with E-state index in [0.29, 0.717) is 0 Å². The number of carbonyl (C=O) groups is 1. The molecule has 0 saturated carbocycles. The van der Waals surface area contributed by atoms with Crippen LogP contribution in [0.2, 0.25) is 0 Å². The molecule has 0 amide bonds. The van der Waals surface area contributed by atoms with E-state index in [1.807, 2.05) is 24.3 Å². The first-order chi connectivity index (χ1) is 9.77. The van der Waals surface area contributed by atoms with Gasteiger partial charge in [-0.25, -0.2) is 0 Å². The number of carboxylic acids is 1. The Morgan fingerprint density at radius 1 is 0.810 bits per heavy atom. The minimum atomic E-state index is -0.932. The largest absolute Gasteiger partial charge is 1.00 e. The van der Waals surface area contributed by atoms with Crippen molar-refractivity contribution >= 4 is 5.97 Å². The summed E-state index contributed by atoms with van der Waals surface area (Å²) in [6.07, 6.45) is 24.1. The van der Waals surface area contributed by atoms with Crippen LogP contribution in [-0.2, 0) is 4.79 Å². The predicted octanol–water partition coefficient (Wildman–Crippen LogP) is 1.11. The fourth-order valence-electron chi connectivity index (χ4n) is 1.71. The Kier molecular flexibility index (Phi) is 22.3. The first-order valence-electron chi connectivity index (χ1n) is 7.62. The molecule has 0 fully saturated rings. The van der Waals surface area contributed by atoms with Gasteiger partial charge in [0.1, 0.15) is 0 Å². The first-order valence-corrected chi connectivity index (χ1v) is 7.62. The van der Waals surface area contributed by atoms with Crippen LogP contribution in [0.3, 0.4) is 0 Å². The van der Waals surface area contributed by atoms with Gasteiger partial charge in [0, 0.05) is 5.97 Å². The molecule has 0 N–H and O–H groups in total. The minimum Gasteiger partial charge on any atom is -0.550 e. The first kappa shape index (κ1) is 23.3. The van der Waals surface area contributed by atoms with Gasteiger partial charge in [-0.05, 0) is 32.1 Å². The second-order valence-corrected chi connectivity index (χ2v) is 4.71. The monoisotopic (exact) mass is 314 g/mol. The van der Waals surface area contributed by atoms with Crippen molar-refractivity contribution in [2.75, 3.05) is 0 Å². The van der Waals surface area contributed by atoms with Crippen molar-refractivity contribution in [2.24, 2.45) is 0 Å². The van der Waals surface area contributed by atoms with E-state index in [-0.39, 0.29) is 57.8 Å². The van der Waals surface area contributed by atoms with E-state index in [1.54, 1.807) is 0 Å². The Bertz CT molecular complexity index is 341. The van der Waals surface area contributed by atoms with Gasteiger partial charge in [-0.3, -0.25) is 0 Å². The second-order valence-electron chi connectivity index (χ2n) is 4.71. The van der Waals surface area contributed by atoms with Crippen LogP contribution in [0.4, 0.5) is 0 Å². The third-order valence-electron chi connectivity index (χ3n) is 2.82. The predicted molar refractivity (Wildman–Crippen MR) is 84.2 cm³/mol. The van der Waals surface area contributed by atoms with Crippen molar-refractivity contribution in [3.05, 3.63) is 48.6 Å². The van der Waals surface area contributed by atoms with Crippen molar-refractivity contribution < 1.29 is 61.3 Å². The van der Waals surface area contributed by atoms with Crippen molar-refractivity contribution in [1.82, 2.24) is 0 Å². The molecule has 3 heteroatoms. The third kappa shape index (κ3) is 22.5. The summed E-state index contributed by atoms with van der Waals surface area (Å²) >= 11 is 0. The average Bonchev–Trinajstić information content (AvgIpc) is 2.43. The van der Waals surface area contributed by atoms with Gasteiger partial charge < -0.3 is 9.90 Å². The molecule has 0 aromatic heterocycles. The molecule has 2 nitrogen and oxygen atoms in total. The summed E-state index contributed by atoms with van der Waals surface area (Å²) in [4.78, 5) is 10.2. The Morgan fingerprint density at radius 3 is 1.95 bits per heavy atom. The van der Waals surface area contributed by atoms with E-state index >= 15 is 0 Å². The van der Waals surface area contributed by atoms with Crippen molar-refractivity contribution in [1.29, 1.82) is 0 Å². The summed E-state index contributed by atoms with van der Waals surface area (Å²) in [5, 5.41) is 10.2. The molecule has 0 aliphatic heterocycles. The Balaban J connectivity index is 0. The summed E-state index contributed by atoms with van der Waals surface area (Å²) in [5.74, 6) is -0.932. The molecule has 0 aliphatic rings. The second kappa shape index (κ2) is 20.1. The maximum Gasteiger partial charge on any atom is 1.00 e. The molecule has 0 radical (unpaired) electrons. The van der Waals surface area contributed by atoms with Crippen LogP contribution in [0, 0.1) is 0 Å². The van der Waals surface area contributed by atoms with Crippen molar-refractivity contribution in [3.8, 4) is 0 Å². The number of carboxylic acid groups (broad SMARTS) is 1. The molecule has 0 aliphatic carbocycles. The number of allylic oxidation sites excluding steroid dienone is 8. The average molecular weight is 315 g/mol. The topological polar surface area (TPSA) is 40.1 Å². The quantitative estimate of drug-likeness (QED) is 0.307. The molecular weight excluding hydrogens is 287 g/mol. The van der Waals surface area contributed by atoms with Gasteiger partial charge in [-0.15, -0.1) is 0 Å². The molecular formula is C18H27KO2. The molecule has 112 valence electrons. The van der Waals surface area contributed by atoms with Gasteiger partial charge in [-0.2, -0.15) is 0 Å². The summed E-state index contributed by atoms with van der Waals surface area (Å²) in [7, 11) is 0. The van der Waals surface area contributed by atoms with Gasteiger partial charge >= 0.3 is 51.4 Å². The zero-order valence-corrected chi connectivity index (χ0v) is 16.7. The van der Waals surface area contributed by atoms with E-state index in [2.05, 4.69) is 31.2 Å². The SMILES string of the molecule is CC\C=C/C=C/C=C/C=C\CCCCCCCC(=O)[O-].[K+]. The zero-order chi connectivity index (χ0) is 14.9. The normalized spacial score (nSPS) is 11.9. The van der Waals surface area contributed by atoms with Crippen molar-refractivity contribution in [3.63, 3.8) is 0 Å². The smallest absolute Gasteiger partial charge is 0.550 e. The van der Waals surface area contributed by atoms with E-state index in [4.69, 9.17) is 0 Å². The number of hydrogen-bond donors (Lipinski definition) is 0. The molecule has 0 bridgehead atoms. The van der Waals surface area contributed by atoms with Crippen LogP contribution in [0.5, 0.6) is 0 Å². The summed E-state index contributed by atoms with van der Waals surface area (Å²) in [6, 6.07) is 0. The third-order valence-corrected chi connectivity index (χ3v) is 2.82. The number of carbonyl (C=O) groups excluding carboxylic acids is 1. The van der Waals surface area contributed by atoms with Crippen LogP contribution in [0.25, 0.3) is 0 Å². The zero-order valence-electron chi connectivity index (χ0n) is 13.6. The molecule has 0 rings (SSSR count). The van der Waals surface area contributed by atoms with Gasteiger partial charge in [0.15, 0.2) is 0 Å². The number of rotatable bonds is 12. The Hall–Kier alpha value is 0.0664. The van der Waals surface area contributed by atoms with Gasteiger partial charge in [0.25, 0.3) is 0 Å². The molecule has 0 aromatic carbocycles. The van der Waals surface area contributed by atoms with Crippen LogP contribution >= 0.6 is 0 Å². The Labute approximate surface area is 172 Å². The summed E-state index contributed by atoms with van der Waals surface area (Å²) in [6.45, 7) is 2.12. The number of aliphatic carboxylic acids is 1. The standard InChI is InChI=1S/C18H28O2.K/c1-2-3-4-5-6-7-8-9-10-11-12-13-14-15-16-17-18(19)20;/h3-10H,2,11-17H2,1H3,(H,19,20);/q;+1/p-1/b4-3-,6-5+,8-7+,10-9-;. The number of hydrogen-bond acceptors (Lipinski definition) is 2. The van der Waals surface area contributed by atoms with Gasteiger partial charge in [-0.1, -0.05) is 74.8 Å².